The fourth-order valence-electron chi connectivity index (χ4n) is 5.30. The van der Waals surface area contributed by atoms with E-state index in [1.54, 1.807) is 24.2 Å². The summed E-state index contributed by atoms with van der Waals surface area (Å²) in [5.41, 5.74) is 0.751. The normalized spacial score (nSPS) is 35.6. The van der Waals surface area contributed by atoms with E-state index >= 15 is 0 Å². The van der Waals surface area contributed by atoms with Crippen LogP contribution < -0.4 is 10.6 Å². The zero-order chi connectivity index (χ0) is 15.2. The second kappa shape index (κ2) is 5.26. The molecule has 4 bridgehead atoms. The van der Waals surface area contributed by atoms with Gasteiger partial charge in [-0.1, -0.05) is 0 Å². The van der Waals surface area contributed by atoms with Gasteiger partial charge in [0.2, 0.25) is 0 Å². The van der Waals surface area contributed by atoms with Crippen molar-refractivity contribution in [2.75, 3.05) is 12.4 Å². The molecule has 0 radical (unpaired) electrons. The van der Waals surface area contributed by atoms with Crippen molar-refractivity contribution < 1.29 is 9.53 Å². The molecule has 0 saturated heterocycles. The highest BCUT2D eigenvalue weighted by molar-refractivity contribution is 5.89. The van der Waals surface area contributed by atoms with Crippen LogP contribution in [0.25, 0.3) is 0 Å². The number of carbonyl (C=O) groups is 1. The lowest BCUT2D eigenvalue weighted by Gasteiger charge is -2.56. The molecule has 0 unspecified atom stereocenters. The van der Waals surface area contributed by atoms with E-state index in [0.717, 1.165) is 37.0 Å². The lowest BCUT2D eigenvalue weighted by Crippen LogP contribution is -2.60. The van der Waals surface area contributed by atoms with Gasteiger partial charge in [-0.15, -0.1) is 0 Å². The second-order valence-corrected chi connectivity index (χ2v) is 7.46. The van der Waals surface area contributed by atoms with Crippen molar-refractivity contribution in [2.24, 2.45) is 17.8 Å². The second-order valence-electron chi connectivity index (χ2n) is 7.46. The molecule has 0 aliphatic heterocycles. The Morgan fingerprint density at radius 1 is 1.32 bits per heavy atom. The largest absolute Gasteiger partial charge is 0.362 e. The maximum Gasteiger partial charge on any atom is 0.319 e. The zero-order valence-electron chi connectivity index (χ0n) is 13.0. The van der Waals surface area contributed by atoms with Crippen LogP contribution in [-0.2, 0) is 11.5 Å². The van der Waals surface area contributed by atoms with Gasteiger partial charge in [0, 0.05) is 12.6 Å². The number of rotatable bonds is 4. The van der Waals surface area contributed by atoms with Gasteiger partial charge in [-0.05, 0) is 56.3 Å². The van der Waals surface area contributed by atoms with Gasteiger partial charge in [0.15, 0.2) is 0 Å². The smallest absolute Gasteiger partial charge is 0.319 e. The summed E-state index contributed by atoms with van der Waals surface area (Å²) in [6.45, 7) is 0.387. The van der Waals surface area contributed by atoms with Crippen molar-refractivity contribution in [1.29, 1.82) is 0 Å². The van der Waals surface area contributed by atoms with Gasteiger partial charge < -0.3 is 15.4 Å². The number of hydrogen-bond donors (Lipinski definition) is 2. The van der Waals surface area contributed by atoms with Gasteiger partial charge in [0.1, 0.15) is 6.73 Å². The van der Waals surface area contributed by atoms with Crippen molar-refractivity contribution in [3.63, 3.8) is 0 Å². The molecule has 1 heterocycles. The van der Waals surface area contributed by atoms with Crippen molar-refractivity contribution in [3.8, 4) is 0 Å². The van der Waals surface area contributed by atoms with E-state index in [1.165, 1.54) is 19.3 Å². The number of hydrogen-bond acceptors (Lipinski definition) is 3. The summed E-state index contributed by atoms with van der Waals surface area (Å²) in [6, 6.07) is -0.0982. The quantitative estimate of drug-likeness (QED) is 0.898. The Morgan fingerprint density at radius 2 is 1.95 bits per heavy atom. The third-order valence-corrected chi connectivity index (χ3v) is 5.57. The highest BCUT2D eigenvalue weighted by Gasteiger charge is 2.51. The molecular formula is C16H24N4O2. The van der Waals surface area contributed by atoms with E-state index in [4.69, 9.17) is 4.74 Å². The molecule has 4 saturated carbocycles. The van der Waals surface area contributed by atoms with Crippen LogP contribution in [0.2, 0.25) is 0 Å². The molecule has 0 spiro atoms. The zero-order valence-corrected chi connectivity index (χ0v) is 13.0. The van der Waals surface area contributed by atoms with Crippen molar-refractivity contribution in [3.05, 3.63) is 12.4 Å². The predicted molar refractivity (Wildman–Crippen MR) is 82.3 cm³/mol. The molecule has 6 heteroatoms. The number of nitrogens with zero attached hydrogens (tertiary/aromatic N) is 2. The number of ether oxygens (including phenoxy) is 1. The predicted octanol–water partition coefficient (Wildman–Crippen LogP) is 2.58. The van der Waals surface area contributed by atoms with Gasteiger partial charge in [0.25, 0.3) is 0 Å². The van der Waals surface area contributed by atoms with Crippen LogP contribution in [0, 0.1) is 17.8 Å². The van der Waals surface area contributed by atoms with E-state index in [0.29, 0.717) is 12.4 Å². The number of carbonyl (C=O) groups excluding carboxylic acids is 1. The van der Waals surface area contributed by atoms with Gasteiger partial charge in [-0.2, -0.15) is 5.10 Å². The molecule has 4 aliphatic carbocycles. The van der Waals surface area contributed by atoms with Crippen molar-refractivity contribution >= 4 is 11.7 Å². The minimum atomic E-state index is -0.0982. The first-order valence-corrected chi connectivity index (χ1v) is 8.25. The fraction of sp³-hybridized carbons (Fsp3) is 0.750. The standard InChI is InChI=1S/C16H24N4O2/c1-22-10-20-9-14(8-17-20)18-15(21)19-16-5-11-2-12(6-16)4-13(3-11)7-16/h8-9,11-13H,2-7,10H2,1H3,(H2,18,19,21). The number of anilines is 1. The maximum absolute atomic E-state index is 12.4. The Kier molecular flexibility index (Phi) is 3.36. The number of nitrogens with one attached hydrogen (secondary N) is 2. The van der Waals surface area contributed by atoms with E-state index < -0.39 is 0 Å². The SMILES string of the molecule is COCn1cc(NC(=O)NC23CC4CC(CC(C4)C2)C3)cn1. The molecule has 22 heavy (non-hydrogen) atoms. The average Bonchev–Trinajstić information content (AvgIpc) is 2.83. The van der Waals surface area contributed by atoms with Crippen LogP contribution in [0.5, 0.6) is 0 Å². The van der Waals surface area contributed by atoms with Crippen LogP contribution >= 0.6 is 0 Å². The van der Waals surface area contributed by atoms with Crippen LogP contribution in [0.4, 0.5) is 10.5 Å². The summed E-state index contributed by atoms with van der Waals surface area (Å²) in [5.74, 6) is 2.49. The summed E-state index contributed by atoms with van der Waals surface area (Å²) < 4.78 is 6.66. The van der Waals surface area contributed by atoms with Crippen LogP contribution in [0.15, 0.2) is 12.4 Å². The van der Waals surface area contributed by atoms with Crippen molar-refractivity contribution in [2.45, 2.75) is 50.8 Å². The molecule has 6 nitrogen and oxygen atoms in total. The van der Waals surface area contributed by atoms with Crippen LogP contribution in [0.3, 0.4) is 0 Å². The number of urea groups is 1. The van der Waals surface area contributed by atoms with Gasteiger partial charge in [0.05, 0.1) is 18.1 Å². The molecule has 2 N–H and O–H groups in total. The summed E-state index contributed by atoms with van der Waals surface area (Å²) in [5, 5.41) is 10.3. The Bertz CT molecular complexity index is 533. The first-order chi connectivity index (χ1) is 10.6. The molecule has 1 aromatic heterocycles. The minimum absolute atomic E-state index is 0.0430. The maximum atomic E-state index is 12.4. The summed E-state index contributed by atoms with van der Waals surface area (Å²) in [4.78, 5) is 12.4. The molecule has 2 amide bonds. The van der Waals surface area contributed by atoms with Gasteiger partial charge >= 0.3 is 6.03 Å². The molecule has 0 atom stereocenters. The third-order valence-electron chi connectivity index (χ3n) is 5.57. The average molecular weight is 304 g/mol. The molecule has 5 rings (SSSR count). The number of amides is 2. The van der Waals surface area contributed by atoms with E-state index in [-0.39, 0.29) is 11.6 Å². The minimum Gasteiger partial charge on any atom is -0.362 e. The van der Waals surface area contributed by atoms with Crippen molar-refractivity contribution in [1.82, 2.24) is 15.1 Å². The Hall–Kier alpha value is -1.56. The first kappa shape index (κ1) is 14.1. The highest BCUT2D eigenvalue weighted by Crippen LogP contribution is 2.55. The molecule has 0 aromatic carbocycles. The number of methoxy groups -OCH3 is 1. The monoisotopic (exact) mass is 304 g/mol. The van der Waals surface area contributed by atoms with Gasteiger partial charge in [-0.25, -0.2) is 9.48 Å². The Balaban J connectivity index is 1.39. The molecule has 120 valence electrons. The van der Waals surface area contributed by atoms with E-state index in [2.05, 4.69) is 15.7 Å². The van der Waals surface area contributed by atoms with Crippen LogP contribution in [0.1, 0.15) is 38.5 Å². The molecule has 4 fully saturated rings. The third kappa shape index (κ3) is 2.60. The summed E-state index contributed by atoms with van der Waals surface area (Å²) >= 11 is 0. The first-order valence-electron chi connectivity index (χ1n) is 8.25. The molecular weight excluding hydrogens is 280 g/mol. The Morgan fingerprint density at radius 3 is 2.55 bits per heavy atom. The molecule has 4 aliphatic rings. The lowest BCUT2D eigenvalue weighted by molar-refractivity contribution is -0.0127. The lowest BCUT2D eigenvalue weighted by atomic mass is 9.53. The number of aromatic nitrogens is 2. The summed E-state index contributed by atoms with van der Waals surface area (Å²) in [7, 11) is 1.62. The Labute approximate surface area is 130 Å². The summed E-state index contributed by atoms with van der Waals surface area (Å²) in [6.07, 6.45) is 11.1. The van der Waals surface area contributed by atoms with Gasteiger partial charge in [-0.3, -0.25) is 0 Å². The van der Waals surface area contributed by atoms with E-state index in [9.17, 15) is 4.79 Å². The van der Waals surface area contributed by atoms with E-state index in [1.807, 2.05) is 0 Å². The molecule has 1 aromatic rings. The fourth-order valence-corrected chi connectivity index (χ4v) is 5.30. The topological polar surface area (TPSA) is 68.2 Å². The van der Waals surface area contributed by atoms with Crippen LogP contribution in [-0.4, -0.2) is 28.5 Å². The highest BCUT2D eigenvalue weighted by atomic mass is 16.5.